The largest absolute Gasteiger partial charge is 0.394 e. The van der Waals surface area contributed by atoms with E-state index in [2.05, 4.69) is 15.0 Å². The summed E-state index contributed by atoms with van der Waals surface area (Å²) < 4.78 is 12.4. The summed E-state index contributed by atoms with van der Waals surface area (Å²) in [6, 6.07) is 0. The molecule has 0 saturated carbocycles. The van der Waals surface area contributed by atoms with E-state index in [0.717, 1.165) is 0 Å². The van der Waals surface area contributed by atoms with Crippen molar-refractivity contribution in [3.8, 4) is 0 Å². The van der Waals surface area contributed by atoms with Gasteiger partial charge in [0.25, 0.3) is 0 Å². The highest BCUT2D eigenvalue weighted by molar-refractivity contribution is 5.81. The molecule has 4 N–H and O–H groups in total. The van der Waals surface area contributed by atoms with Gasteiger partial charge in [0.05, 0.1) is 6.61 Å². The highest BCUT2D eigenvalue weighted by Crippen LogP contribution is 2.44. The SMILES string of the molecule is Nc1ncnc2c1[nH]c(=O)n2[C@@H]1O[C@@H](CO)[C@@H]2O[C@@H]21. The third kappa shape index (κ3) is 1.37. The van der Waals surface area contributed by atoms with Crippen LogP contribution in [0.3, 0.4) is 0 Å². The lowest BCUT2D eigenvalue weighted by Crippen LogP contribution is -2.28. The van der Waals surface area contributed by atoms with Crippen molar-refractivity contribution < 1.29 is 14.6 Å². The molecule has 9 nitrogen and oxygen atoms in total. The van der Waals surface area contributed by atoms with E-state index in [0.29, 0.717) is 11.2 Å². The second kappa shape index (κ2) is 3.53. The van der Waals surface area contributed by atoms with Gasteiger partial charge in [-0.15, -0.1) is 0 Å². The lowest BCUT2D eigenvalue weighted by molar-refractivity contribution is -0.0835. The monoisotopic (exact) mass is 265 g/mol. The van der Waals surface area contributed by atoms with E-state index < -0.39 is 12.3 Å². The van der Waals surface area contributed by atoms with Crippen LogP contribution < -0.4 is 11.4 Å². The zero-order chi connectivity index (χ0) is 13.1. The first-order valence-corrected chi connectivity index (χ1v) is 5.83. The number of aliphatic hydroxyl groups is 1. The molecule has 2 saturated heterocycles. The number of rotatable bonds is 2. The van der Waals surface area contributed by atoms with Crippen LogP contribution in [-0.4, -0.2) is 49.5 Å². The molecule has 2 aromatic rings. The molecule has 2 aromatic heterocycles. The highest BCUT2D eigenvalue weighted by Gasteiger charge is 2.59. The first-order chi connectivity index (χ1) is 9.20. The maximum atomic E-state index is 12.0. The zero-order valence-corrected chi connectivity index (χ0v) is 9.68. The minimum Gasteiger partial charge on any atom is -0.394 e. The van der Waals surface area contributed by atoms with E-state index in [9.17, 15) is 4.79 Å². The van der Waals surface area contributed by atoms with Gasteiger partial charge in [0, 0.05) is 0 Å². The first-order valence-electron chi connectivity index (χ1n) is 5.83. The summed E-state index contributed by atoms with van der Waals surface area (Å²) >= 11 is 0. The van der Waals surface area contributed by atoms with E-state index in [-0.39, 0.29) is 30.3 Å². The number of aliphatic hydroxyl groups excluding tert-OH is 1. The van der Waals surface area contributed by atoms with E-state index in [1.807, 2.05) is 0 Å². The molecule has 0 unspecified atom stereocenters. The zero-order valence-electron chi connectivity index (χ0n) is 9.68. The summed E-state index contributed by atoms with van der Waals surface area (Å²) in [6.07, 6.45) is -0.120. The Balaban J connectivity index is 1.86. The number of epoxide rings is 1. The van der Waals surface area contributed by atoms with E-state index in [1.54, 1.807) is 0 Å². The van der Waals surface area contributed by atoms with Crippen molar-refractivity contribution in [3.63, 3.8) is 0 Å². The fourth-order valence-corrected chi connectivity index (χ4v) is 2.54. The average Bonchev–Trinajstić information content (AvgIpc) is 3.00. The fraction of sp³-hybridized carbons (Fsp3) is 0.500. The number of aromatic amines is 1. The molecule has 100 valence electrons. The van der Waals surface area contributed by atoms with Crippen molar-refractivity contribution in [2.45, 2.75) is 24.5 Å². The number of hydrogen-bond acceptors (Lipinski definition) is 7. The highest BCUT2D eigenvalue weighted by atomic mass is 16.7. The summed E-state index contributed by atoms with van der Waals surface area (Å²) in [5.74, 6) is 0.200. The average molecular weight is 265 g/mol. The standard InChI is InChI=1S/C10H11N5O4/c11-7-4-8(13-2-12-7)15(10(17)14-4)9-6-5(19-6)3(1-16)18-9/h2-3,5-6,9,16H,1H2,(H,14,17)(H2,11,12,13)/t3-,5-,6-,9+/m0/s1. The van der Waals surface area contributed by atoms with Crippen LogP contribution in [0.25, 0.3) is 11.2 Å². The molecule has 9 heteroatoms. The van der Waals surface area contributed by atoms with Crippen LogP contribution in [0.5, 0.6) is 0 Å². The second-order valence-electron chi connectivity index (χ2n) is 4.57. The Morgan fingerprint density at radius 1 is 1.42 bits per heavy atom. The molecule has 2 fully saturated rings. The van der Waals surface area contributed by atoms with Crippen LogP contribution in [0.2, 0.25) is 0 Å². The van der Waals surface area contributed by atoms with Crippen LogP contribution in [0.1, 0.15) is 6.23 Å². The number of nitrogens with two attached hydrogens (primary N) is 1. The van der Waals surface area contributed by atoms with Gasteiger partial charge < -0.3 is 25.3 Å². The number of ether oxygens (including phenoxy) is 2. The van der Waals surface area contributed by atoms with E-state index >= 15 is 0 Å². The summed E-state index contributed by atoms with van der Waals surface area (Å²) in [5.41, 5.74) is 6.05. The van der Waals surface area contributed by atoms with Crippen LogP contribution in [0.15, 0.2) is 11.1 Å². The number of nitrogens with zero attached hydrogens (tertiary/aromatic N) is 3. The summed E-state index contributed by atoms with van der Waals surface area (Å²) in [6.45, 7) is -0.147. The number of aromatic nitrogens is 4. The Morgan fingerprint density at radius 3 is 3.00 bits per heavy atom. The van der Waals surface area contributed by atoms with Gasteiger partial charge >= 0.3 is 5.69 Å². The van der Waals surface area contributed by atoms with Crippen molar-refractivity contribution in [1.29, 1.82) is 0 Å². The van der Waals surface area contributed by atoms with Crippen molar-refractivity contribution in [2.75, 3.05) is 12.3 Å². The lowest BCUT2D eigenvalue weighted by Gasteiger charge is -2.16. The first kappa shape index (κ1) is 10.9. The van der Waals surface area contributed by atoms with Gasteiger partial charge in [0.15, 0.2) is 17.7 Å². The molecule has 19 heavy (non-hydrogen) atoms. The molecule has 0 bridgehead atoms. The van der Waals surface area contributed by atoms with Gasteiger partial charge in [0.2, 0.25) is 0 Å². The number of H-pyrrole nitrogens is 1. The third-order valence-electron chi connectivity index (χ3n) is 3.49. The fourth-order valence-electron chi connectivity index (χ4n) is 2.54. The molecule has 0 aliphatic carbocycles. The van der Waals surface area contributed by atoms with Gasteiger partial charge in [-0.3, -0.25) is 0 Å². The minimum atomic E-state index is -0.599. The van der Waals surface area contributed by atoms with Crippen LogP contribution in [0.4, 0.5) is 5.82 Å². The number of nitrogens with one attached hydrogen (secondary N) is 1. The van der Waals surface area contributed by atoms with Gasteiger partial charge in [-0.2, -0.15) is 0 Å². The van der Waals surface area contributed by atoms with E-state index in [1.165, 1.54) is 10.9 Å². The van der Waals surface area contributed by atoms with Crippen LogP contribution in [0, 0.1) is 0 Å². The number of imidazole rings is 1. The van der Waals surface area contributed by atoms with Crippen LogP contribution >= 0.6 is 0 Å². The van der Waals surface area contributed by atoms with Gasteiger partial charge in [-0.05, 0) is 0 Å². The Labute approximate surface area is 106 Å². The van der Waals surface area contributed by atoms with Crippen molar-refractivity contribution in [2.24, 2.45) is 0 Å². The predicted octanol–water partition coefficient (Wildman–Crippen LogP) is -1.64. The van der Waals surface area contributed by atoms with Gasteiger partial charge in [-0.1, -0.05) is 0 Å². The molecule has 4 atom stereocenters. The van der Waals surface area contributed by atoms with Crippen LogP contribution in [-0.2, 0) is 9.47 Å². The number of fused-ring (bicyclic) bond motifs is 2. The molecule has 4 rings (SSSR count). The molecule has 2 aliphatic rings. The van der Waals surface area contributed by atoms with Crippen molar-refractivity contribution in [3.05, 3.63) is 16.8 Å². The molecular formula is C10H11N5O4. The Hall–Kier alpha value is -1.97. The Kier molecular flexibility index (Phi) is 2.03. The number of nitrogen functional groups attached to an aromatic ring is 1. The molecule has 0 amide bonds. The molecule has 0 radical (unpaired) electrons. The number of anilines is 1. The Bertz CT molecular complexity index is 709. The maximum absolute atomic E-state index is 12.0. The molecule has 4 heterocycles. The molecular weight excluding hydrogens is 254 g/mol. The van der Waals surface area contributed by atoms with E-state index in [4.69, 9.17) is 20.3 Å². The molecule has 2 aliphatic heterocycles. The molecule has 0 spiro atoms. The lowest BCUT2D eigenvalue weighted by atomic mass is 10.2. The third-order valence-corrected chi connectivity index (χ3v) is 3.49. The Morgan fingerprint density at radius 2 is 2.26 bits per heavy atom. The summed E-state index contributed by atoms with van der Waals surface area (Å²) in [7, 11) is 0. The van der Waals surface area contributed by atoms with Gasteiger partial charge in [0.1, 0.15) is 30.2 Å². The van der Waals surface area contributed by atoms with Gasteiger partial charge in [-0.25, -0.2) is 19.3 Å². The smallest absolute Gasteiger partial charge is 0.330 e. The second-order valence-corrected chi connectivity index (χ2v) is 4.57. The number of hydrogen-bond donors (Lipinski definition) is 3. The minimum absolute atomic E-state index is 0.147. The topological polar surface area (TPSA) is 132 Å². The summed E-state index contributed by atoms with van der Waals surface area (Å²) in [5, 5.41) is 9.16. The quantitative estimate of drug-likeness (QED) is 0.555. The summed E-state index contributed by atoms with van der Waals surface area (Å²) in [4.78, 5) is 22.5. The molecule has 0 aromatic carbocycles. The van der Waals surface area contributed by atoms with Crippen molar-refractivity contribution >= 4 is 17.0 Å². The maximum Gasteiger partial charge on any atom is 0.330 e. The normalized spacial score (nSPS) is 32.7. The van der Waals surface area contributed by atoms with Crippen molar-refractivity contribution in [1.82, 2.24) is 19.5 Å². The predicted molar refractivity (Wildman–Crippen MR) is 62.2 cm³/mol.